The van der Waals surface area contributed by atoms with Gasteiger partial charge in [-0.15, -0.1) is 0 Å². The summed E-state index contributed by atoms with van der Waals surface area (Å²) in [5.41, 5.74) is 0. The number of carbonyl (C=O) groups excluding carboxylic acids is 1. The van der Waals surface area contributed by atoms with E-state index in [1.807, 2.05) is 0 Å². The molecule has 5 heteroatoms. The van der Waals surface area contributed by atoms with E-state index in [9.17, 15) is 14.7 Å². The average Bonchev–Trinajstić information content (AvgIpc) is 2.46. The first kappa shape index (κ1) is 15.1. The molecule has 20 heavy (non-hydrogen) atoms. The number of nitrogens with zero attached hydrogens (tertiary/aromatic N) is 2. The minimum absolute atomic E-state index is 0.0697. The number of amides is 2. The van der Waals surface area contributed by atoms with Crippen molar-refractivity contribution in [3.8, 4) is 0 Å². The second-order valence-electron chi connectivity index (χ2n) is 6.21. The number of carbonyl (C=O) groups is 2. The molecule has 1 aliphatic heterocycles. The van der Waals surface area contributed by atoms with Crippen LogP contribution in [-0.4, -0.2) is 53.1 Å². The second-order valence-corrected chi connectivity index (χ2v) is 6.21. The Kier molecular flexibility index (Phi) is 5.26. The van der Waals surface area contributed by atoms with Gasteiger partial charge in [0.05, 0.1) is 0 Å². The van der Waals surface area contributed by atoms with Gasteiger partial charge in [-0.25, -0.2) is 4.79 Å². The highest BCUT2D eigenvalue weighted by molar-refractivity contribution is 5.90. The number of likely N-dealkylation sites (N-methyl/N-ethyl adjacent to an activating group) is 1. The van der Waals surface area contributed by atoms with E-state index in [0.717, 1.165) is 18.8 Å². The van der Waals surface area contributed by atoms with Crippen LogP contribution in [0.4, 0.5) is 4.79 Å². The number of hydrogen-bond donors (Lipinski definition) is 1. The molecule has 0 radical (unpaired) electrons. The van der Waals surface area contributed by atoms with Crippen molar-refractivity contribution < 1.29 is 14.7 Å². The molecule has 1 aliphatic carbocycles. The molecule has 1 atom stereocenters. The molecule has 2 fully saturated rings. The van der Waals surface area contributed by atoms with Crippen LogP contribution < -0.4 is 0 Å². The molecule has 0 aromatic carbocycles. The van der Waals surface area contributed by atoms with Gasteiger partial charge in [-0.2, -0.15) is 0 Å². The quantitative estimate of drug-likeness (QED) is 0.601. The SMILES string of the molecule is CN1CC(N(CCCCC2CCCCC2)C(=O)O)C1=O. The Bertz CT molecular complexity index is 353. The lowest BCUT2D eigenvalue weighted by Gasteiger charge is -2.41. The van der Waals surface area contributed by atoms with Gasteiger partial charge in [0.15, 0.2) is 0 Å². The van der Waals surface area contributed by atoms with Crippen LogP contribution in [0.3, 0.4) is 0 Å². The van der Waals surface area contributed by atoms with E-state index in [2.05, 4.69) is 0 Å². The van der Waals surface area contributed by atoms with E-state index in [1.54, 1.807) is 11.9 Å². The molecule has 1 saturated heterocycles. The van der Waals surface area contributed by atoms with Gasteiger partial charge in [0.25, 0.3) is 0 Å². The highest BCUT2D eigenvalue weighted by Gasteiger charge is 2.40. The van der Waals surface area contributed by atoms with Crippen LogP contribution in [0.15, 0.2) is 0 Å². The zero-order valence-electron chi connectivity index (χ0n) is 12.4. The van der Waals surface area contributed by atoms with Crippen molar-refractivity contribution in [2.75, 3.05) is 20.1 Å². The Hall–Kier alpha value is -1.26. The Morgan fingerprint density at radius 2 is 2.00 bits per heavy atom. The molecule has 1 saturated carbocycles. The second kappa shape index (κ2) is 6.95. The van der Waals surface area contributed by atoms with E-state index >= 15 is 0 Å². The fourth-order valence-corrected chi connectivity index (χ4v) is 3.38. The Morgan fingerprint density at radius 1 is 1.30 bits per heavy atom. The van der Waals surface area contributed by atoms with Crippen LogP contribution in [0.1, 0.15) is 51.4 Å². The maximum Gasteiger partial charge on any atom is 0.408 e. The van der Waals surface area contributed by atoms with Gasteiger partial charge >= 0.3 is 6.09 Å². The Labute approximate surface area is 120 Å². The molecule has 0 aromatic heterocycles. The molecular formula is C15H26N2O3. The van der Waals surface area contributed by atoms with Gasteiger partial charge in [-0.3, -0.25) is 9.69 Å². The molecule has 1 N–H and O–H groups in total. The van der Waals surface area contributed by atoms with E-state index < -0.39 is 12.1 Å². The van der Waals surface area contributed by atoms with Crippen molar-refractivity contribution in [1.82, 2.24) is 9.80 Å². The van der Waals surface area contributed by atoms with Gasteiger partial charge in [0.1, 0.15) is 6.04 Å². The normalized spacial score (nSPS) is 23.6. The fraction of sp³-hybridized carbons (Fsp3) is 0.867. The van der Waals surface area contributed by atoms with Crippen molar-refractivity contribution >= 4 is 12.0 Å². The zero-order valence-corrected chi connectivity index (χ0v) is 12.4. The Balaban J connectivity index is 1.67. The molecule has 2 rings (SSSR count). The van der Waals surface area contributed by atoms with E-state index in [0.29, 0.717) is 13.1 Å². The lowest BCUT2D eigenvalue weighted by atomic mass is 9.86. The minimum Gasteiger partial charge on any atom is -0.465 e. The lowest BCUT2D eigenvalue weighted by Crippen LogP contribution is -2.63. The Morgan fingerprint density at radius 3 is 2.55 bits per heavy atom. The van der Waals surface area contributed by atoms with Crippen LogP contribution in [0.25, 0.3) is 0 Å². The molecular weight excluding hydrogens is 256 g/mol. The topological polar surface area (TPSA) is 60.9 Å². The number of likely N-dealkylation sites (tertiary alicyclic amines) is 1. The molecule has 5 nitrogen and oxygen atoms in total. The minimum atomic E-state index is -0.964. The number of unbranched alkanes of at least 4 members (excludes halogenated alkanes) is 1. The van der Waals surface area contributed by atoms with Crippen LogP contribution in [-0.2, 0) is 4.79 Å². The third kappa shape index (κ3) is 3.64. The standard InChI is InChI=1S/C15H26N2O3/c1-16-11-13(14(16)18)17(15(19)20)10-6-5-9-12-7-3-2-4-8-12/h12-13H,2-11H2,1H3,(H,19,20). The van der Waals surface area contributed by atoms with Crippen molar-refractivity contribution in [2.45, 2.75) is 57.4 Å². The predicted octanol–water partition coefficient (Wildman–Crippen LogP) is 2.56. The van der Waals surface area contributed by atoms with E-state index in [4.69, 9.17) is 0 Å². The van der Waals surface area contributed by atoms with Gasteiger partial charge in [-0.05, 0) is 12.3 Å². The highest BCUT2D eigenvalue weighted by atomic mass is 16.4. The number of rotatable bonds is 6. The number of carboxylic acid groups (broad SMARTS) is 1. The summed E-state index contributed by atoms with van der Waals surface area (Å²) in [5.74, 6) is 0.776. The van der Waals surface area contributed by atoms with Gasteiger partial charge in [0.2, 0.25) is 5.91 Å². The van der Waals surface area contributed by atoms with E-state index in [1.165, 1.54) is 43.4 Å². The molecule has 2 amide bonds. The van der Waals surface area contributed by atoms with Crippen LogP contribution in [0.2, 0.25) is 0 Å². The summed E-state index contributed by atoms with van der Waals surface area (Å²) >= 11 is 0. The third-order valence-corrected chi connectivity index (χ3v) is 4.72. The molecule has 2 aliphatic rings. The summed E-state index contributed by atoms with van der Waals surface area (Å²) < 4.78 is 0. The van der Waals surface area contributed by atoms with Crippen LogP contribution in [0, 0.1) is 5.92 Å². The number of β-lactam (4-membered cyclic amide) rings is 1. The smallest absolute Gasteiger partial charge is 0.408 e. The average molecular weight is 282 g/mol. The van der Waals surface area contributed by atoms with Crippen molar-refractivity contribution in [1.29, 1.82) is 0 Å². The monoisotopic (exact) mass is 282 g/mol. The van der Waals surface area contributed by atoms with Gasteiger partial charge in [0, 0.05) is 20.1 Å². The summed E-state index contributed by atoms with van der Waals surface area (Å²) in [7, 11) is 1.71. The highest BCUT2D eigenvalue weighted by Crippen LogP contribution is 2.27. The van der Waals surface area contributed by atoms with Gasteiger partial charge < -0.3 is 10.0 Å². The maximum atomic E-state index is 11.6. The summed E-state index contributed by atoms with van der Waals surface area (Å²) in [4.78, 5) is 25.7. The largest absolute Gasteiger partial charge is 0.465 e. The zero-order chi connectivity index (χ0) is 14.5. The molecule has 0 aromatic rings. The molecule has 1 heterocycles. The van der Waals surface area contributed by atoms with Crippen LogP contribution >= 0.6 is 0 Å². The molecule has 114 valence electrons. The van der Waals surface area contributed by atoms with Gasteiger partial charge in [-0.1, -0.05) is 44.9 Å². The predicted molar refractivity (Wildman–Crippen MR) is 76.6 cm³/mol. The molecule has 0 bridgehead atoms. The van der Waals surface area contributed by atoms with Crippen molar-refractivity contribution in [3.05, 3.63) is 0 Å². The summed E-state index contributed by atoms with van der Waals surface area (Å²) in [6.45, 7) is 1.03. The van der Waals surface area contributed by atoms with Crippen molar-refractivity contribution in [3.63, 3.8) is 0 Å². The number of hydrogen-bond acceptors (Lipinski definition) is 2. The first-order valence-corrected chi connectivity index (χ1v) is 7.84. The molecule has 1 unspecified atom stereocenters. The molecule has 0 spiro atoms. The first-order chi connectivity index (χ1) is 9.59. The van der Waals surface area contributed by atoms with E-state index in [-0.39, 0.29) is 5.91 Å². The summed E-state index contributed by atoms with van der Waals surface area (Å²) in [5, 5.41) is 9.22. The third-order valence-electron chi connectivity index (χ3n) is 4.72. The first-order valence-electron chi connectivity index (χ1n) is 7.84. The maximum absolute atomic E-state index is 11.6. The van der Waals surface area contributed by atoms with Crippen molar-refractivity contribution in [2.24, 2.45) is 5.92 Å². The summed E-state index contributed by atoms with van der Waals surface area (Å²) in [6, 6.07) is -0.438. The van der Waals surface area contributed by atoms with Crippen LogP contribution in [0.5, 0.6) is 0 Å². The summed E-state index contributed by atoms with van der Waals surface area (Å²) in [6.07, 6.45) is 8.97. The lowest BCUT2D eigenvalue weighted by molar-refractivity contribution is -0.146. The fourth-order valence-electron chi connectivity index (χ4n) is 3.38.